The molecular formula is C63H61N11O. The largest absolute Gasteiger partial charge is 0.378 e. The number of hydrogen-bond donors (Lipinski definition) is 3. The fraction of sp³-hybridized carbons (Fsp3) is 0.254. The number of rotatable bonds is 12. The van der Waals surface area contributed by atoms with Gasteiger partial charge in [0.2, 0.25) is 0 Å². The molecule has 0 bridgehead atoms. The van der Waals surface area contributed by atoms with Gasteiger partial charge in [-0.25, -0.2) is 24.9 Å². The zero-order valence-electron chi connectivity index (χ0n) is 42.3. The van der Waals surface area contributed by atoms with Crippen LogP contribution in [0, 0.1) is 5.92 Å². The number of nitrogens with zero attached hydrogens (tertiary/aromatic N) is 8. The number of ether oxygens (including phenoxy) is 1. The monoisotopic (exact) mass is 988 g/mol. The normalized spacial score (nSPS) is 20.1. The number of imidazole rings is 2. The Hall–Kier alpha value is -8.03. The van der Waals surface area contributed by atoms with E-state index in [4.69, 9.17) is 41.1 Å². The van der Waals surface area contributed by atoms with Crippen LogP contribution in [0.1, 0.15) is 79.4 Å². The first-order valence-corrected chi connectivity index (χ1v) is 26.6. The van der Waals surface area contributed by atoms with E-state index in [1.165, 1.54) is 28.0 Å². The maximum Gasteiger partial charge on any atom is 0.167 e. The van der Waals surface area contributed by atoms with Gasteiger partial charge in [0.15, 0.2) is 11.5 Å². The third kappa shape index (κ3) is 8.72. The predicted molar refractivity (Wildman–Crippen MR) is 300 cm³/mol. The van der Waals surface area contributed by atoms with Crippen LogP contribution >= 0.6 is 0 Å². The topological polar surface area (TPSA) is 151 Å². The van der Waals surface area contributed by atoms with Crippen LogP contribution in [-0.2, 0) is 22.4 Å². The quantitative estimate of drug-likeness (QED) is 0.108. The molecule has 3 atom stereocenters. The summed E-state index contributed by atoms with van der Waals surface area (Å²) in [5, 5.41) is 5.46. The smallest absolute Gasteiger partial charge is 0.167 e. The Morgan fingerprint density at radius 2 is 1.40 bits per heavy atom. The minimum atomic E-state index is -0.679. The maximum atomic E-state index is 7.52. The van der Waals surface area contributed by atoms with Crippen molar-refractivity contribution in [3.63, 3.8) is 0 Å². The van der Waals surface area contributed by atoms with Crippen LogP contribution in [0.5, 0.6) is 0 Å². The van der Waals surface area contributed by atoms with Gasteiger partial charge in [-0.3, -0.25) is 9.13 Å². The van der Waals surface area contributed by atoms with Gasteiger partial charge in [-0.1, -0.05) is 116 Å². The first-order chi connectivity index (χ1) is 36.8. The Labute approximate surface area is 437 Å². The predicted octanol–water partition coefficient (Wildman–Crippen LogP) is 9.93. The van der Waals surface area contributed by atoms with Gasteiger partial charge < -0.3 is 26.4 Å². The highest BCUT2D eigenvalue weighted by atomic mass is 16.5. The Balaban J connectivity index is 0.844. The van der Waals surface area contributed by atoms with E-state index in [1.54, 1.807) is 0 Å². The van der Waals surface area contributed by atoms with E-state index in [1.807, 2.05) is 48.7 Å². The number of anilines is 2. The molecular weight excluding hydrogens is 927 g/mol. The van der Waals surface area contributed by atoms with Gasteiger partial charge in [-0.05, 0) is 133 Å². The van der Waals surface area contributed by atoms with Crippen LogP contribution < -0.4 is 32.4 Å². The van der Waals surface area contributed by atoms with Gasteiger partial charge in [0.25, 0.3) is 0 Å². The van der Waals surface area contributed by atoms with Crippen molar-refractivity contribution in [1.29, 1.82) is 0 Å². The molecule has 1 aliphatic heterocycles. The third-order valence-corrected chi connectivity index (χ3v) is 16.3. The van der Waals surface area contributed by atoms with Crippen molar-refractivity contribution in [3.05, 3.63) is 203 Å². The van der Waals surface area contributed by atoms with Crippen LogP contribution in [0.15, 0.2) is 164 Å². The molecule has 1 saturated heterocycles. The van der Waals surface area contributed by atoms with Crippen LogP contribution in [0.2, 0.25) is 0 Å². The molecule has 5 aromatic carbocycles. The number of nitrogens with one attached hydrogen (secondary N) is 1. The van der Waals surface area contributed by atoms with Gasteiger partial charge in [0, 0.05) is 59.9 Å². The minimum Gasteiger partial charge on any atom is -0.378 e. The fourth-order valence-electron chi connectivity index (χ4n) is 11.6. The van der Waals surface area contributed by atoms with Crippen LogP contribution in [0.25, 0.3) is 63.2 Å². The van der Waals surface area contributed by atoms with Crippen LogP contribution in [0.4, 0.5) is 11.5 Å². The molecule has 0 radical (unpaired) electrons. The summed E-state index contributed by atoms with van der Waals surface area (Å²) in [6.45, 7) is 6.28. The maximum absolute atomic E-state index is 7.52. The lowest BCUT2D eigenvalue weighted by Gasteiger charge is -2.46. The molecule has 5 heterocycles. The average molecular weight is 988 g/mol. The number of allylic oxidation sites excluding steroid dienone is 2. The van der Waals surface area contributed by atoms with Crippen molar-refractivity contribution < 1.29 is 4.74 Å². The summed E-state index contributed by atoms with van der Waals surface area (Å²) >= 11 is 0. The summed E-state index contributed by atoms with van der Waals surface area (Å²) in [7, 11) is 0. The molecule has 4 aromatic heterocycles. The van der Waals surface area contributed by atoms with Gasteiger partial charge in [0.1, 0.15) is 28.7 Å². The second-order valence-electron chi connectivity index (χ2n) is 20.9. The zero-order valence-corrected chi connectivity index (χ0v) is 42.3. The lowest BCUT2D eigenvalue weighted by Crippen LogP contribution is -2.51. The van der Waals surface area contributed by atoms with Crippen molar-refractivity contribution in [3.8, 4) is 34.3 Å². The molecule has 12 nitrogen and oxygen atoms in total. The number of pyridine rings is 1. The van der Waals surface area contributed by atoms with Gasteiger partial charge in [-0.15, -0.1) is 0 Å². The molecule has 3 aliphatic carbocycles. The molecule has 5 N–H and O–H groups in total. The first kappa shape index (κ1) is 46.7. The summed E-state index contributed by atoms with van der Waals surface area (Å²) in [4.78, 5) is 28.4. The molecule has 9 aromatic rings. The highest BCUT2D eigenvalue weighted by Crippen LogP contribution is 2.50. The van der Waals surface area contributed by atoms with Crippen molar-refractivity contribution >= 4 is 40.4 Å². The summed E-state index contributed by atoms with van der Waals surface area (Å²) in [5.74, 6) is 3.23. The van der Waals surface area contributed by atoms with E-state index in [-0.39, 0.29) is 17.4 Å². The minimum absolute atomic E-state index is 0.109. The average Bonchev–Trinajstić information content (AvgIpc) is 4.03. The summed E-state index contributed by atoms with van der Waals surface area (Å²) < 4.78 is 10.1. The number of morpholine rings is 1. The van der Waals surface area contributed by atoms with Gasteiger partial charge in [0.05, 0.1) is 29.5 Å². The molecule has 13 rings (SSSR count). The SMILES string of the molecule is CC1CC=c2c(nc(-c3ccnc(C4CCC4(N)c4ccc(-n5c(-c6ccccc6)nc6ccc(NCc7ccccc7)nc65)cc4)n3)n2-c2ccc(C3(N)CCC3)cc2)=CC=C1c1cccc(N2CCOCC2)c1. The standard InChI is InChI=1S/C63H61N11O/c1-42-16-28-56-53(26-25-51(42)45-14-8-15-50(40-45)72-36-38-75-39-37-72)69-60(73(56)48-21-17-46(18-22-48)62(64)32-9-33-62)55-31-35-66-58(68-55)52-30-34-63(52,65)47-19-23-49(24-20-47)74-59(44-12-6-3-7-13-44)70-54-27-29-57(71-61(54)74)67-41-43-10-4-2-5-11-43/h2-8,10-15,17-29,31,35,40,42,52H,9,16,30,32-34,36-39,41,64-65H2,1H3,(H,67,71). The summed E-state index contributed by atoms with van der Waals surface area (Å²) in [5.41, 5.74) is 25.9. The molecule has 75 heavy (non-hydrogen) atoms. The number of aromatic nitrogens is 7. The molecule has 0 spiro atoms. The summed E-state index contributed by atoms with van der Waals surface area (Å²) in [6, 6.07) is 53.0. The van der Waals surface area contributed by atoms with E-state index in [0.29, 0.717) is 12.4 Å². The molecule has 0 amide bonds. The van der Waals surface area contributed by atoms with E-state index >= 15 is 0 Å². The molecule has 12 heteroatoms. The molecule has 3 fully saturated rings. The molecule has 4 aliphatic rings. The van der Waals surface area contributed by atoms with Crippen LogP contribution in [-0.4, -0.2) is 60.4 Å². The van der Waals surface area contributed by atoms with E-state index in [9.17, 15) is 0 Å². The Bertz CT molecular complexity index is 3710. The Kier molecular flexibility index (Phi) is 12.1. The number of benzene rings is 5. The highest BCUT2D eigenvalue weighted by Gasteiger charge is 2.47. The third-order valence-electron chi connectivity index (χ3n) is 16.3. The van der Waals surface area contributed by atoms with Crippen molar-refractivity contribution in [2.75, 3.05) is 36.5 Å². The van der Waals surface area contributed by atoms with Crippen molar-refractivity contribution in [1.82, 2.24) is 34.1 Å². The fourth-order valence-corrected chi connectivity index (χ4v) is 11.6. The lowest BCUT2D eigenvalue weighted by atomic mass is 9.63. The van der Waals surface area contributed by atoms with E-state index in [2.05, 4.69) is 154 Å². The van der Waals surface area contributed by atoms with Crippen molar-refractivity contribution in [2.24, 2.45) is 17.4 Å². The number of fused-ring (bicyclic) bond motifs is 2. The Morgan fingerprint density at radius 3 is 2.13 bits per heavy atom. The molecule has 2 saturated carbocycles. The molecule has 374 valence electrons. The number of hydrogen-bond acceptors (Lipinski definition) is 10. The second kappa shape index (κ2) is 19.3. The highest BCUT2D eigenvalue weighted by molar-refractivity contribution is 5.82. The lowest BCUT2D eigenvalue weighted by molar-refractivity contribution is 0.122. The van der Waals surface area contributed by atoms with E-state index < -0.39 is 5.54 Å². The van der Waals surface area contributed by atoms with E-state index in [0.717, 1.165) is 132 Å². The number of nitrogens with two attached hydrogens (primary N) is 2. The van der Waals surface area contributed by atoms with Crippen molar-refractivity contribution in [2.45, 2.75) is 69.0 Å². The zero-order chi connectivity index (χ0) is 50.5. The summed E-state index contributed by atoms with van der Waals surface area (Å²) in [6.07, 6.45) is 14.3. The Morgan fingerprint density at radius 1 is 0.667 bits per heavy atom. The second-order valence-corrected chi connectivity index (χ2v) is 20.9. The molecule has 3 unspecified atom stereocenters. The first-order valence-electron chi connectivity index (χ1n) is 26.6. The van der Waals surface area contributed by atoms with Crippen LogP contribution in [0.3, 0.4) is 0 Å². The van der Waals surface area contributed by atoms with Gasteiger partial charge in [-0.2, -0.15) is 0 Å². The van der Waals surface area contributed by atoms with Gasteiger partial charge >= 0.3 is 0 Å².